The molecule has 10 nitrogen and oxygen atoms in total. The number of nitrogens with one attached hydrogen (secondary N) is 2. The number of benzene rings is 1. The second-order valence-electron chi connectivity index (χ2n) is 8.60. The van der Waals surface area contributed by atoms with Crippen molar-refractivity contribution in [3.05, 3.63) is 53.1 Å². The van der Waals surface area contributed by atoms with Crippen molar-refractivity contribution in [3.63, 3.8) is 0 Å². The molecule has 2 atom stereocenters. The van der Waals surface area contributed by atoms with Crippen molar-refractivity contribution in [2.45, 2.75) is 32.9 Å². The molecule has 0 radical (unpaired) electrons. The number of imidazole rings is 1. The summed E-state index contributed by atoms with van der Waals surface area (Å²) in [5.74, 6) is 0.320. The zero-order valence-electron chi connectivity index (χ0n) is 20.2. The normalized spacial score (nSPS) is 16.6. The lowest BCUT2D eigenvalue weighted by Gasteiger charge is -2.41. The molecule has 0 aliphatic carbocycles. The molecule has 0 saturated carbocycles. The predicted octanol–water partition coefficient (Wildman–Crippen LogP) is 4.08. The van der Waals surface area contributed by atoms with Crippen LogP contribution >= 0.6 is 15.9 Å². The van der Waals surface area contributed by atoms with E-state index in [1.807, 2.05) is 38.1 Å². The van der Waals surface area contributed by atoms with Crippen molar-refractivity contribution in [2.75, 3.05) is 26.7 Å². The number of allylic oxidation sites excluding steroid dienone is 1. The van der Waals surface area contributed by atoms with E-state index in [9.17, 15) is 14.4 Å². The zero-order chi connectivity index (χ0) is 25.7. The number of H-pyrrole nitrogens is 1. The van der Waals surface area contributed by atoms with Gasteiger partial charge in [-0.05, 0) is 25.0 Å². The highest BCUT2D eigenvalue weighted by atomic mass is 79.9. The summed E-state index contributed by atoms with van der Waals surface area (Å²) in [5.41, 5.74) is 1.60. The number of piperazine rings is 1. The molecule has 2 aromatic rings. The molecule has 1 aliphatic rings. The summed E-state index contributed by atoms with van der Waals surface area (Å²) in [5, 5.41) is 2.63. The number of ether oxygens (including phenoxy) is 2. The van der Waals surface area contributed by atoms with Gasteiger partial charge in [0, 0.05) is 29.3 Å². The summed E-state index contributed by atoms with van der Waals surface area (Å²) in [6.07, 6.45) is 0.536. The Hall–Kier alpha value is -3.34. The number of carbonyl (C=O) groups excluding carboxylic acids is 3. The second kappa shape index (κ2) is 11.4. The highest BCUT2D eigenvalue weighted by Crippen LogP contribution is 2.28. The van der Waals surface area contributed by atoms with Crippen molar-refractivity contribution in [1.29, 1.82) is 0 Å². The minimum Gasteiger partial charge on any atom is -0.453 e. The van der Waals surface area contributed by atoms with E-state index in [1.54, 1.807) is 18.0 Å². The molecule has 1 fully saturated rings. The van der Waals surface area contributed by atoms with Gasteiger partial charge in [0.1, 0.15) is 17.9 Å². The Morgan fingerprint density at radius 1 is 1.23 bits per heavy atom. The Balaban J connectivity index is 1.93. The van der Waals surface area contributed by atoms with Crippen molar-refractivity contribution in [3.8, 4) is 11.3 Å². The monoisotopic (exact) mass is 547 g/mol. The van der Waals surface area contributed by atoms with Gasteiger partial charge in [-0.25, -0.2) is 14.6 Å². The molecule has 0 unspecified atom stereocenters. The van der Waals surface area contributed by atoms with Crippen LogP contribution in [0, 0.1) is 5.92 Å². The Bertz CT molecular complexity index is 1080. The van der Waals surface area contributed by atoms with Crippen molar-refractivity contribution in [2.24, 2.45) is 5.92 Å². The van der Waals surface area contributed by atoms with Crippen LogP contribution in [0.25, 0.3) is 11.3 Å². The molecular weight excluding hydrogens is 518 g/mol. The van der Waals surface area contributed by atoms with Crippen LogP contribution in [0.2, 0.25) is 0 Å². The highest BCUT2D eigenvalue weighted by molar-refractivity contribution is 9.10. The molecule has 2 N–H and O–H groups in total. The lowest BCUT2D eigenvalue weighted by molar-refractivity contribution is -0.139. The maximum absolute atomic E-state index is 13.6. The van der Waals surface area contributed by atoms with Crippen molar-refractivity contribution < 1.29 is 23.9 Å². The van der Waals surface area contributed by atoms with Crippen LogP contribution in [-0.2, 0) is 14.3 Å². The van der Waals surface area contributed by atoms with Gasteiger partial charge in [0.25, 0.3) is 0 Å². The summed E-state index contributed by atoms with van der Waals surface area (Å²) >= 11 is 3.43. The van der Waals surface area contributed by atoms with Gasteiger partial charge in [0.05, 0.1) is 25.1 Å². The third kappa shape index (κ3) is 6.41. The van der Waals surface area contributed by atoms with E-state index in [1.165, 1.54) is 12.0 Å². The summed E-state index contributed by atoms with van der Waals surface area (Å²) in [7, 11) is 1.25. The maximum Gasteiger partial charge on any atom is 0.415 e. The number of alkyl carbamates (subject to hydrolysis) is 1. The lowest BCUT2D eigenvalue weighted by Crippen LogP contribution is -2.58. The SMILES string of the molecule is C=C(C)OC(=O)N1CCN(C(=O)[C@@H](NC(=O)OC)C(C)C)[C@H](c2nc(-c3ccc(Br)cc3)c[nH]2)C1. The van der Waals surface area contributed by atoms with Crippen LogP contribution in [0.1, 0.15) is 32.6 Å². The first-order valence-corrected chi connectivity index (χ1v) is 12.0. The van der Waals surface area contributed by atoms with Gasteiger partial charge in [-0.2, -0.15) is 0 Å². The fourth-order valence-electron chi connectivity index (χ4n) is 3.81. The van der Waals surface area contributed by atoms with E-state index in [-0.39, 0.29) is 37.2 Å². The molecule has 1 aromatic heterocycles. The quantitative estimate of drug-likeness (QED) is 0.526. The van der Waals surface area contributed by atoms with Crippen molar-refractivity contribution in [1.82, 2.24) is 25.1 Å². The van der Waals surface area contributed by atoms with Gasteiger partial charge < -0.3 is 29.6 Å². The largest absolute Gasteiger partial charge is 0.453 e. The minimum absolute atomic E-state index is 0.161. The van der Waals surface area contributed by atoms with Crippen molar-refractivity contribution >= 4 is 34.0 Å². The second-order valence-corrected chi connectivity index (χ2v) is 9.51. The Morgan fingerprint density at radius 2 is 1.91 bits per heavy atom. The fourth-order valence-corrected chi connectivity index (χ4v) is 4.08. The number of hydrogen-bond acceptors (Lipinski definition) is 6. The van der Waals surface area contributed by atoms with E-state index < -0.39 is 24.3 Å². The number of nitrogens with zero attached hydrogens (tertiary/aromatic N) is 3. The molecule has 11 heteroatoms. The third-order valence-electron chi connectivity index (χ3n) is 5.63. The summed E-state index contributed by atoms with van der Waals surface area (Å²) in [6, 6.07) is 6.31. The molecule has 1 aliphatic heterocycles. The number of carbonyl (C=O) groups is 3. The van der Waals surface area contributed by atoms with Crippen LogP contribution in [0.15, 0.2) is 47.3 Å². The summed E-state index contributed by atoms with van der Waals surface area (Å²) in [4.78, 5) is 49.1. The van der Waals surface area contributed by atoms with E-state index >= 15 is 0 Å². The molecule has 0 spiro atoms. The number of aromatic nitrogens is 2. The molecule has 2 heterocycles. The van der Waals surface area contributed by atoms with Gasteiger partial charge in [0.15, 0.2) is 0 Å². The molecule has 35 heavy (non-hydrogen) atoms. The first kappa shape index (κ1) is 26.3. The van der Waals surface area contributed by atoms with Crippen LogP contribution in [0.3, 0.4) is 0 Å². The molecule has 188 valence electrons. The van der Waals surface area contributed by atoms with Crippen LogP contribution in [-0.4, -0.2) is 70.6 Å². The third-order valence-corrected chi connectivity index (χ3v) is 6.16. The Labute approximate surface area is 212 Å². The fraction of sp³-hybridized carbons (Fsp3) is 0.417. The first-order chi connectivity index (χ1) is 16.6. The molecule has 0 bridgehead atoms. The highest BCUT2D eigenvalue weighted by Gasteiger charge is 2.39. The Morgan fingerprint density at radius 3 is 2.51 bits per heavy atom. The number of hydrogen-bond donors (Lipinski definition) is 2. The van der Waals surface area contributed by atoms with E-state index in [4.69, 9.17) is 14.5 Å². The number of amides is 3. The van der Waals surface area contributed by atoms with E-state index in [2.05, 4.69) is 32.8 Å². The van der Waals surface area contributed by atoms with Gasteiger partial charge in [0.2, 0.25) is 5.91 Å². The Kier molecular flexibility index (Phi) is 8.55. The topological polar surface area (TPSA) is 117 Å². The number of rotatable bonds is 6. The molecular formula is C24H30BrN5O5. The average Bonchev–Trinajstić information content (AvgIpc) is 3.31. The maximum atomic E-state index is 13.6. The first-order valence-electron chi connectivity index (χ1n) is 11.2. The van der Waals surface area contributed by atoms with Gasteiger partial charge in [-0.3, -0.25) is 4.79 Å². The smallest absolute Gasteiger partial charge is 0.415 e. The minimum atomic E-state index is -0.806. The molecule has 1 saturated heterocycles. The van der Waals surface area contributed by atoms with Crippen LogP contribution < -0.4 is 5.32 Å². The van der Waals surface area contributed by atoms with E-state index in [0.717, 1.165) is 10.0 Å². The predicted molar refractivity (Wildman–Crippen MR) is 133 cm³/mol. The molecule has 1 aromatic carbocycles. The van der Waals surface area contributed by atoms with E-state index in [0.29, 0.717) is 11.5 Å². The van der Waals surface area contributed by atoms with Gasteiger partial charge in [-0.1, -0.05) is 48.5 Å². The van der Waals surface area contributed by atoms with Gasteiger partial charge >= 0.3 is 12.2 Å². The number of methoxy groups -OCH3 is 1. The summed E-state index contributed by atoms with van der Waals surface area (Å²) in [6.45, 7) is 9.55. The standard InChI is InChI=1S/C24H30BrN5O5/c1-14(2)20(28-23(32)34-5)22(31)30-11-10-29(24(33)35-15(3)4)13-19(30)21-26-12-18(27-21)16-6-8-17(25)9-7-16/h6-9,12,14,19-20H,3,10-11,13H2,1-2,4-5H3,(H,26,27)(H,28,32)/t19-,20-/m0/s1. The number of halogens is 1. The summed E-state index contributed by atoms with van der Waals surface area (Å²) < 4.78 is 10.8. The van der Waals surface area contributed by atoms with Crippen LogP contribution in [0.5, 0.6) is 0 Å². The number of aromatic amines is 1. The molecule has 3 amide bonds. The molecule has 3 rings (SSSR count). The van der Waals surface area contributed by atoms with Gasteiger partial charge in [-0.15, -0.1) is 0 Å². The average molecular weight is 548 g/mol. The zero-order valence-corrected chi connectivity index (χ0v) is 21.8. The van der Waals surface area contributed by atoms with Crippen LogP contribution in [0.4, 0.5) is 9.59 Å². The lowest BCUT2D eigenvalue weighted by atomic mass is 10.0.